The van der Waals surface area contributed by atoms with Gasteiger partial charge in [-0.3, -0.25) is 0 Å². The summed E-state index contributed by atoms with van der Waals surface area (Å²) in [5.41, 5.74) is 2.52. The third-order valence-electron chi connectivity index (χ3n) is 2.22. The number of hydrogen-bond acceptors (Lipinski definition) is 1. The number of allylic oxidation sites excluding steroid dienone is 1. The molecule has 1 aromatic carbocycles. The summed E-state index contributed by atoms with van der Waals surface area (Å²) in [7, 11) is 0. The molecule has 0 saturated heterocycles. The number of unbranched alkanes of at least 4 members (excludes halogenated alkanes) is 2. The lowest BCUT2D eigenvalue weighted by Crippen LogP contribution is -2.00. The van der Waals surface area contributed by atoms with Crippen molar-refractivity contribution < 1.29 is 0 Å². The van der Waals surface area contributed by atoms with E-state index in [2.05, 4.69) is 43.1 Å². The van der Waals surface area contributed by atoms with Crippen LogP contribution in [0.25, 0.3) is 0 Å². The van der Waals surface area contributed by atoms with Gasteiger partial charge < -0.3 is 5.32 Å². The SMILES string of the molecule is C=CCCCCNc1ccc(C)cc1. The Morgan fingerprint density at radius 1 is 1.21 bits per heavy atom. The van der Waals surface area contributed by atoms with Crippen molar-refractivity contribution in [2.75, 3.05) is 11.9 Å². The van der Waals surface area contributed by atoms with Crippen molar-refractivity contribution in [3.8, 4) is 0 Å². The Balaban J connectivity index is 2.18. The van der Waals surface area contributed by atoms with Gasteiger partial charge in [0.2, 0.25) is 0 Å². The third-order valence-corrected chi connectivity index (χ3v) is 2.22. The second-order valence-electron chi connectivity index (χ2n) is 3.58. The summed E-state index contributed by atoms with van der Waals surface area (Å²) < 4.78 is 0. The molecule has 0 unspecified atom stereocenters. The van der Waals surface area contributed by atoms with Gasteiger partial charge in [0.05, 0.1) is 0 Å². The van der Waals surface area contributed by atoms with Crippen LogP contribution in [0.5, 0.6) is 0 Å². The number of anilines is 1. The molecular weight excluding hydrogens is 170 g/mol. The largest absolute Gasteiger partial charge is 0.385 e. The fourth-order valence-electron chi connectivity index (χ4n) is 1.32. The average molecular weight is 189 g/mol. The molecule has 76 valence electrons. The van der Waals surface area contributed by atoms with Gasteiger partial charge in [-0.25, -0.2) is 0 Å². The minimum Gasteiger partial charge on any atom is -0.385 e. The van der Waals surface area contributed by atoms with Crippen LogP contribution in [0.1, 0.15) is 24.8 Å². The maximum Gasteiger partial charge on any atom is 0.0340 e. The maximum absolute atomic E-state index is 3.71. The van der Waals surface area contributed by atoms with E-state index in [1.54, 1.807) is 0 Å². The number of rotatable bonds is 6. The summed E-state index contributed by atoms with van der Waals surface area (Å²) in [5.74, 6) is 0. The first-order valence-electron chi connectivity index (χ1n) is 5.24. The van der Waals surface area contributed by atoms with E-state index in [9.17, 15) is 0 Å². The van der Waals surface area contributed by atoms with Crippen LogP contribution >= 0.6 is 0 Å². The van der Waals surface area contributed by atoms with Gasteiger partial charge in [0, 0.05) is 12.2 Å². The van der Waals surface area contributed by atoms with Crippen LogP contribution < -0.4 is 5.32 Å². The molecule has 0 aromatic heterocycles. The van der Waals surface area contributed by atoms with E-state index in [1.807, 2.05) is 6.08 Å². The predicted molar refractivity (Wildman–Crippen MR) is 63.7 cm³/mol. The molecule has 0 radical (unpaired) electrons. The molecule has 0 heterocycles. The van der Waals surface area contributed by atoms with E-state index in [-0.39, 0.29) is 0 Å². The van der Waals surface area contributed by atoms with Crippen molar-refractivity contribution in [1.82, 2.24) is 0 Å². The van der Waals surface area contributed by atoms with Gasteiger partial charge in [-0.05, 0) is 38.3 Å². The summed E-state index contributed by atoms with van der Waals surface area (Å²) in [4.78, 5) is 0. The molecule has 1 nitrogen and oxygen atoms in total. The molecule has 1 heteroatoms. The first-order chi connectivity index (χ1) is 6.83. The van der Waals surface area contributed by atoms with E-state index >= 15 is 0 Å². The topological polar surface area (TPSA) is 12.0 Å². The highest BCUT2D eigenvalue weighted by molar-refractivity contribution is 5.44. The molecule has 0 atom stereocenters. The molecule has 1 aromatic rings. The van der Waals surface area contributed by atoms with Crippen molar-refractivity contribution in [2.45, 2.75) is 26.2 Å². The first-order valence-corrected chi connectivity index (χ1v) is 5.24. The molecule has 14 heavy (non-hydrogen) atoms. The Kier molecular flexibility index (Phi) is 4.84. The molecule has 0 aliphatic heterocycles. The number of aryl methyl sites for hydroxylation is 1. The molecule has 1 N–H and O–H groups in total. The quantitative estimate of drug-likeness (QED) is 0.530. The molecule has 0 amide bonds. The Labute approximate surface area is 86.8 Å². The Bertz CT molecular complexity index is 261. The Morgan fingerprint density at radius 2 is 1.93 bits per heavy atom. The van der Waals surface area contributed by atoms with Crippen molar-refractivity contribution >= 4 is 5.69 Å². The molecule has 0 saturated carbocycles. The van der Waals surface area contributed by atoms with Gasteiger partial charge in [0.25, 0.3) is 0 Å². The normalized spacial score (nSPS) is 9.79. The zero-order chi connectivity index (χ0) is 10.2. The monoisotopic (exact) mass is 189 g/mol. The number of benzene rings is 1. The maximum atomic E-state index is 3.71. The third kappa shape index (κ3) is 4.13. The van der Waals surface area contributed by atoms with Gasteiger partial charge in [0.1, 0.15) is 0 Å². The van der Waals surface area contributed by atoms with Crippen LogP contribution in [0.15, 0.2) is 36.9 Å². The fourth-order valence-corrected chi connectivity index (χ4v) is 1.32. The second kappa shape index (κ2) is 6.25. The number of nitrogens with one attached hydrogen (secondary N) is 1. The van der Waals surface area contributed by atoms with E-state index in [0.29, 0.717) is 0 Å². The molecule has 0 aliphatic carbocycles. The zero-order valence-electron chi connectivity index (χ0n) is 8.92. The van der Waals surface area contributed by atoms with Gasteiger partial charge in [-0.1, -0.05) is 23.8 Å². The molecule has 0 aliphatic rings. The molecule has 1 rings (SSSR count). The van der Waals surface area contributed by atoms with Crippen LogP contribution in [0.3, 0.4) is 0 Å². The zero-order valence-corrected chi connectivity index (χ0v) is 8.92. The van der Waals surface area contributed by atoms with E-state index in [4.69, 9.17) is 0 Å². The van der Waals surface area contributed by atoms with Crippen LogP contribution in [-0.2, 0) is 0 Å². The van der Waals surface area contributed by atoms with E-state index in [1.165, 1.54) is 24.1 Å². The molecule has 0 spiro atoms. The minimum absolute atomic E-state index is 1.05. The predicted octanol–water partition coefficient (Wildman–Crippen LogP) is 3.76. The van der Waals surface area contributed by atoms with Gasteiger partial charge in [-0.15, -0.1) is 6.58 Å². The highest BCUT2D eigenvalue weighted by Crippen LogP contribution is 2.08. The van der Waals surface area contributed by atoms with E-state index in [0.717, 1.165) is 13.0 Å². The van der Waals surface area contributed by atoms with Crippen molar-refractivity contribution in [2.24, 2.45) is 0 Å². The first kappa shape index (κ1) is 10.8. The lowest BCUT2D eigenvalue weighted by molar-refractivity contribution is 0.779. The summed E-state index contributed by atoms with van der Waals surface area (Å²) in [5, 5.41) is 3.40. The summed E-state index contributed by atoms with van der Waals surface area (Å²) in [6.45, 7) is 6.86. The van der Waals surface area contributed by atoms with Crippen LogP contribution in [-0.4, -0.2) is 6.54 Å². The number of hydrogen-bond donors (Lipinski definition) is 1. The Hall–Kier alpha value is -1.24. The highest BCUT2D eigenvalue weighted by atomic mass is 14.9. The molecular formula is C13H19N. The van der Waals surface area contributed by atoms with Crippen molar-refractivity contribution in [3.63, 3.8) is 0 Å². The van der Waals surface area contributed by atoms with Crippen LogP contribution in [0, 0.1) is 6.92 Å². The average Bonchev–Trinajstić information content (AvgIpc) is 2.21. The van der Waals surface area contributed by atoms with Gasteiger partial charge >= 0.3 is 0 Å². The van der Waals surface area contributed by atoms with Crippen molar-refractivity contribution in [3.05, 3.63) is 42.5 Å². The smallest absolute Gasteiger partial charge is 0.0340 e. The summed E-state index contributed by atoms with van der Waals surface area (Å²) >= 11 is 0. The lowest BCUT2D eigenvalue weighted by atomic mass is 10.2. The standard InChI is InChI=1S/C13H19N/c1-3-4-5-6-11-14-13-9-7-12(2)8-10-13/h3,7-10,14H,1,4-6,11H2,2H3. The summed E-state index contributed by atoms with van der Waals surface area (Å²) in [6.07, 6.45) is 5.53. The van der Waals surface area contributed by atoms with Crippen molar-refractivity contribution in [1.29, 1.82) is 0 Å². The summed E-state index contributed by atoms with van der Waals surface area (Å²) in [6, 6.07) is 8.52. The van der Waals surface area contributed by atoms with Crippen LogP contribution in [0.4, 0.5) is 5.69 Å². The highest BCUT2D eigenvalue weighted by Gasteiger charge is 1.90. The second-order valence-corrected chi connectivity index (χ2v) is 3.58. The fraction of sp³-hybridized carbons (Fsp3) is 0.385. The molecule has 0 bridgehead atoms. The minimum atomic E-state index is 1.05. The van der Waals surface area contributed by atoms with Crippen LogP contribution in [0.2, 0.25) is 0 Å². The van der Waals surface area contributed by atoms with E-state index < -0.39 is 0 Å². The van der Waals surface area contributed by atoms with Gasteiger partial charge in [-0.2, -0.15) is 0 Å². The van der Waals surface area contributed by atoms with Gasteiger partial charge in [0.15, 0.2) is 0 Å². The molecule has 0 fully saturated rings. The Morgan fingerprint density at radius 3 is 2.57 bits per heavy atom. The lowest BCUT2D eigenvalue weighted by Gasteiger charge is -2.05.